The van der Waals surface area contributed by atoms with Crippen LogP contribution in [0.1, 0.15) is 22.8 Å². The topological polar surface area (TPSA) is 34.1 Å². The van der Waals surface area contributed by atoms with Crippen molar-refractivity contribution in [1.82, 2.24) is 0 Å². The van der Waals surface area contributed by atoms with E-state index < -0.39 is 0 Å². The van der Waals surface area contributed by atoms with Crippen molar-refractivity contribution in [3.63, 3.8) is 0 Å². The van der Waals surface area contributed by atoms with Crippen molar-refractivity contribution >= 4 is 18.1 Å². The van der Waals surface area contributed by atoms with Crippen LogP contribution < -0.4 is 0 Å². The van der Waals surface area contributed by atoms with Gasteiger partial charge >= 0.3 is 0 Å². The summed E-state index contributed by atoms with van der Waals surface area (Å²) in [7, 11) is 0. The first kappa shape index (κ1) is 9.39. The molecule has 0 aliphatic rings. The average molecular weight is 174 g/mol. The van der Waals surface area contributed by atoms with Crippen LogP contribution in [0.15, 0.2) is 30.3 Å². The van der Waals surface area contributed by atoms with E-state index in [9.17, 15) is 9.59 Å². The van der Waals surface area contributed by atoms with Gasteiger partial charge in [-0.15, -0.1) is 0 Å². The average Bonchev–Trinajstić information content (AvgIpc) is 2.15. The van der Waals surface area contributed by atoms with Crippen molar-refractivity contribution in [2.24, 2.45) is 0 Å². The third kappa shape index (κ3) is 2.37. The van der Waals surface area contributed by atoms with Gasteiger partial charge in [0.2, 0.25) is 0 Å². The summed E-state index contributed by atoms with van der Waals surface area (Å²) < 4.78 is 0. The first-order chi connectivity index (χ1) is 6.25. The second-order valence-corrected chi connectivity index (χ2v) is 2.64. The molecule has 1 aromatic rings. The molecule has 0 N–H and O–H groups in total. The maximum atomic E-state index is 11.1. The molecule has 13 heavy (non-hydrogen) atoms. The molecule has 1 rings (SSSR count). The summed E-state index contributed by atoms with van der Waals surface area (Å²) in [5, 5.41) is 0. The van der Waals surface area contributed by atoms with Crippen LogP contribution in [0.4, 0.5) is 0 Å². The number of benzene rings is 1. The highest BCUT2D eigenvalue weighted by Crippen LogP contribution is 2.10. The normalized spacial score (nSPS) is 10.2. The van der Waals surface area contributed by atoms with Crippen LogP contribution >= 0.6 is 0 Å². The second-order valence-electron chi connectivity index (χ2n) is 2.64. The van der Waals surface area contributed by atoms with E-state index >= 15 is 0 Å². The van der Waals surface area contributed by atoms with Gasteiger partial charge < -0.3 is 0 Å². The number of Topliss-reactive ketones (excluding diaryl/α,β-unsaturated/α-hetero) is 1. The quantitative estimate of drug-likeness (QED) is 0.399. The summed E-state index contributed by atoms with van der Waals surface area (Å²) in [6.45, 7) is 1.51. The Bertz CT molecular complexity index is 351. The molecule has 0 spiro atoms. The van der Waals surface area contributed by atoms with Crippen LogP contribution in [-0.2, 0) is 4.79 Å². The molecule has 0 saturated heterocycles. The van der Waals surface area contributed by atoms with Crippen molar-refractivity contribution in [3.05, 3.63) is 41.5 Å². The number of allylic oxidation sites excluding steroid dienone is 1. The van der Waals surface area contributed by atoms with E-state index in [-0.39, 0.29) is 5.78 Å². The van der Waals surface area contributed by atoms with Gasteiger partial charge in [-0.05, 0) is 18.6 Å². The molecule has 0 aliphatic carbocycles. The molecule has 0 fully saturated rings. The van der Waals surface area contributed by atoms with E-state index in [1.165, 1.54) is 13.0 Å². The SMILES string of the molecule is CC(=O)c1ccccc1/C=C/C=O. The van der Waals surface area contributed by atoms with Crippen LogP contribution in [0.2, 0.25) is 0 Å². The van der Waals surface area contributed by atoms with Crippen LogP contribution in [0.3, 0.4) is 0 Å². The molecule has 2 nitrogen and oxygen atoms in total. The summed E-state index contributed by atoms with van der Waals surface area (Å²) in [4.78, 5) is 21.2. The molecule has 0 aliphatic heterocycles. The maximum absolute atomic E-state index is 11.1. The molecule has 0 saturated carbocycles. The van der Waals surface area contributed by atoms with E-state index in [1.54, 1.807) is 24.3 Å². The van der Waals surface area contributed by atoms with Gasteiger partial charge in [-0.3, -0.25) is 9.59 Å². The number of hydrogen-bond acceptors (Lipinski definition) is 2. The van der Waals surface area contributed by atoms with Crippen LogP contribution in [0.25, 0.3) is 6.08 Å². The van der Waals surface area contributed by atoms with E-state index in [1.807, 2.05) is 6.07 Å². The standard InChI is InChI=1S/C11H10O2/c1-9(13)11-7-3-2-5-10(11)6-4-8-12/h2-8H,1H3/b6-4+. The monoisotopic (exact) mass is 174 g/mol. The Morgan fingerprint density at radius 1 is 1.31 bits per heavy atom. The molecule has 0 radical (unpaired) electrons. The molecule has 0 bridgehead atoms. The number of ketones is 1. The Labute approximate surface area is 76.9 Å². The molecule has 66 valence electrons. The van der Waals surface area contributed by atoms with E-state index in [0.29, 0.717) is 11.8 Å². The van der Waals surface area contributed by atoms with Gasteiger partial charge in [-0.1, -0.05) is 30.3 Å². The molecule has 0 unspecified atom stereocenters. The van der Waals surface area contributed by atoms with Crippen LogP contribution in [-0.4, -0.2) is 12.1 Å². The van der Waals surface area contributed by atoms with Gasteiger partial charge in [0.15, 0.2) is 5.78 Å². The zero-order valence-corrected chi connectivity index (χ0v) is 7.36. The Balaban J connectivity index is 3.11. The molecular weight excluding hydrogens is 164 g/mol. The van der Waals surface area contributed by atoms with Gasteiger partial charge in [-0.2, -0.15) is 0 Å². The van der Waals surface area contributed by atoms with E-state index in [4.69, 9.17) is 0 Å². The molecular formula is C11H10O2. The highest BCUT2D eigenvalue weighted by Gasteiger charge is 2.01. The summed E-state index contributed by atoms with van der Waals surface area (Å²) in [5.74, 6) is 0.00569. The van der Waals surface area contributed by atoms with Crippen molar-refractivity contribution in [3.8, 4) is 0 Å². The highest BCUT2D eigenvalue weighted by atomic mass is 16.1. The summed E-state index contributed by atoms with van der Waals surface area (Å²) in [6.07, 6.45) is 3.70. The lowest BCUT2D eigenvalue weighted by atomic mass is 10.0. The van der Waals surface area contributed by atoms with Crippen LogP contribution in [0.5, 0.6) is 0 Å². The van der Waals surface area contributed by atoms with Gasteiger partial charge in [0.25, 0.3) is 0 Å². The fourth-order valence-electron chi connectivity index (χ4n) is 1.11. The van der Waals surface area contributed by atoms with Crippen molar-refractivity contribution in [2.45, 2.75) is 6.92 Å². The second kappa shape index (κ2) is 4.36. The van der Waals surface area contributed by atoms with Crippen molar-refractivity contribution in [1.29, 1.82) is 0 Å². The minimum Gasteiger partial charge on any atom is -0.299 e. The lowest BCUT2D eigenvalue weighted by Crippen LogP contribution is -1.94. The van der Waals surface area contributed by atoms with Gasteiger partial charge in [-0.25, -0.2) is 0 Å². The molecule has 0 atom stereocenters. The Hall–Kier alpha value is -1.70. The number of rotatable bonds is 3. The molecule has 0 amide bonds. The fraction of sp³-hybridized carbons (Fsp3) is 0.0909. The van der Waals surface area contributed by atoms with E-state index in [0.717, 1.165) is 5.56 Å². The maximum Gasteiger partial charge on any atom is 0.160 e. The molecule has 1 aromatic carbocycles. The third-order valence-electron chi connectivity index (χ3n) is 1.69. The largest absolute Gasteiger partial charge is 0.299 e. The lowest BCUT2D eigenvalue weighted by molar-refractivity contribution is -0.104. The summed E-state index contributed by atoms with van der Waals surface area (Å²) in [6, 6.07) is 7.18. The number of hydrogen-bond donors (Lipinski definition) is 0. The molecule has 0 aromatic heterocycles. The first-order valence-corrected chi connectivity index (χ1v) is 3.97. The smallest absolute Gasteiger partial charge is 0.160 e. The first-order valence-electron chi connectivity index (χ1n) is 3.97. The fourth-order valence-corrected chi connectivity index (χ4v) is 1.11. The van der Waals surface area contributed by atoms with Crippen LogP contribution in [0, 0.1) is 0 Å². The number of carbonyl (C=O) groups excluding carboxylic acids is 2. The summed E-state index contributed by atoms with van der Waals surface area (Å²) >= 11 is 0. The third-order valence-corrected chi connectivity index (χ3v) is 1.69. The molecule has 0 heterocycles. The lowest BCUT2D eigenvalue weighted by Gasteiger charge is -1.99. The highest BCUT2D eigenvalue weighted by molar-refractivity contribution is 5.98. The van der Waals surface area contributed by atoms with Gasteiger partial charge in [0.05, 0.1) is 0 Å². The zero-order chi connectivity index (χ0) is 9.68. The van der Waals surface area contributed by atoms with Crippen molar-refractivity contribution < 1.29 is 9.59 Å². The predicted molar refractivity (Wildman–Crippen MR) is 51.5 cm³/mol. The number of aldehydes is 1. The van der Waals surface area contributed by atoms with Gasteiger partial charge in [0.1, 0.15) is 6.29 Å². The Morgan fingerprint density at radius 3 is 2.62 bits per heavy atom. The Morgan fingerprint density at radius 2 is 2.00 bits per heavy atom. The minimum atomic E-state index is 0.00569. The summed E-state index contributed by atoms with van der Waals surface area (Å²) in [5.41, 5.74) is 1.42. The van der Waals surface area contributed by atoms with Crippen molar-refractivity contribution in [2.75, 3.05) is 0 Å². The van der Waals surface area contributed by atoms with Gasteiger partial charge in [0, 0.05) is 5.56 Å². The Kier molecular flexibility index (Phi) is 3.15. The zero-order valence-electron chi connectivity index (χ0n) is 7.36. The molecule has 2 heteroatoms. The van der Waals surface area contributed by atoms with E-state index in [2.05, 4.69) is 0 Å². The number of carbonyl (C=O) groups is 2. The predicted octanol–water partition coefficient (Wildman–Crippen LogP) is 2.10. The minimum absolute atomic E-state index is 0.00569.